The van der Waals surface area contributed by atoms with Gasteiger partial charge in [0, 0.05) is 56.0 Å². The number of piperazine rings is 1. The number of anilines is 1. The van der Waals surface area contributed by atoms with Gasteiger partial charge in [0.2, 0.25) is 0 Å². The number of carbonyl (C=O) groups is 1. The van der Waals surface area contributed by atoms with Crippen LogP contribution in [0.25, 0.3) is 10.9 Å². The average molecular weight is 481 g/mol. The van der Waals surface area contributed by atoms with Gasteiger partial charge in [0.15, 0.2) is 0 Å². The highest BCUT2D eigenvalue weighted by atomic mass is 19.1. The van der Waals surface area contributed by atoms with Gasteiger partial charge in [0.1, 0.15) is 11.6 Å². The van der Waals surface area contributed by atoms with Gasteiger partial charge in [-0.3, -0.25) is 14.7 Å². The fourth-order valence-corrected chi connectivity index (χ4v) is 5.12. The number of pyridine rings is 1. The number of β-amino-alcohol motifs (C(OH)–C–C–N with tert-alkyl or cyclic N) is 1. The second kappa shape index (κ2) is 10.3. The van der Waals surface area contributed by atoms with Gasteiger partial charge in [-0.25, -0.2) is 8.78 Å². The third-order valence-corrected chi connectivity index (χ3v) is 6.97. The van der Waals surface area contributed by atoms with E-state index in [2.05, 4.69) is 16.3 Å². The molecule has 0 spiro atoms. The zero-order valence-corrected chi connectivity index (χ0v) is 19.6. The number of aromatic nitrogens is 1. The molecule has 1 aromatic heterocycles. The number of benzene rings is 2. The van der Waals surface area contributed by atoms with Crippen LogP contribution >= 0.6 is 0 Å². The first kappa shape index (κ1) is 23.6. The van der Waals surface area contributed by atoms with Crippen LogP contribution in [0.15, 0.2) is 42.5 Å². The molecule has 1 unspecified atom stereocenters. The van der Waals surface area contributed by atoms with Crippen molar-refractivity contribution in [2.45, 2.75) is 31.8 Å². The number of rotatable bonds is 6. The molecular weight excluding hydrogens is 450 g/mol. The smallest absolute Gasteiger partial charge is 0.257 e. The van der Waals surface area contributed by atoms with Crippen LogP contribution in [0.3, 0.4) is 0 Å². The molecule has 1 amide bonds. The van der Waals surface area contributed by atoms with Gasteiger partial charge in [-0.15, -0.1) is 0 Å². The highest BCUT2D eigenvalue weighted by Gasteiger charge is 2.26. The molecule has 2 N–H and O–H groups in total. The Morgan fingerprint density at radius 3 is 2.66 bits per heavy atom. The summed E-state index contributed by atoms with van der Waals surface area (Å²) in [5.41, 5.74) is 4.23. The lowest BCUT2D eigenvalue weighted by atomic mass is 9.92. The molecule has 0 radical (unpaired) electrons. The maximum Gasteiger partial charge on any atom is 0.257 e. The number of halogens is 2. The average Bonchev–Trinajstić information content (AvgIpc) is 2.88. The summed E-state index contributed by atoms with van der Waals surface area (Å²) in [6, 6.07) is 11.0. The molecule has 184 valence electrons. The highest BCUT2D eigenvalue weighted by Crippen LogP contribution is 2.33. The number of hydrogen-bond acceptors (Lipinski definition) is 5. The molecular formula is C27H30F2N4O2. The highest BCUT2D eigenvalue weighted by molar-refractivity contribution is 5.95. The number of aliphatic hydroxyl groups excluding tert-OH is 1. The van der Waals surface area contributed by atoms with Gasteiger partial charge in [-0.1, -0.05) is 18.2 Å². The Kier molecular flexibility index (Phi) is 6.92. The number of amides is 1. The first-order valence-corrected chi connectivity index (χ1v) is 12.3. The second-order valence-corrected chi connectivity index (χ2v) is 9.39. The summed E-state index contributed by atoms with van der Waals surface area (Å²) in [6.07, 6.45) is 3.69. The quantitative estimate of drug-likeness (QED) is 0.564. The summed E-state index contributed by atoms with van der Waals surface area (Å²) in [5.74, 6) is -1.85. The van der Waals surface area contributed by atoms with E-state index in [0.29, 0.717) is 39.3 Å². The Labute approximate surface area is 203 Å². The third kappa shape index (κ3) is 5.13. The first-order chi connectivity index (χ1) is 17.0. The van der Waals surface area contributed by atoms with Crippen LogP contribution in [0, 0.1) is 11.6 Å². The van der Waals surface area contributed by atoms with Crippen LogP contribution < -0.4 is 5.32 Å². The lowest BCUT2D eigenvalue weighted by Crippen LogP contribution is -2.51. The number of aliphatic hydroxyl groups is 1. The Balaban J connectivity index is 1.18. The zero-order chi connectivity index (χ0) is 24.4. The molecule has 1 aliphatic carbocycles. The summed E-state index contributed by atoms with van der Waals surface area (Å²) in [7, 11) is 0. The molecule has 2 aliphatic rings. The van der Waals surface area contributed by atoms with E-state index in [0.717, 1.165) is 66.2 Å². The summed E-state index contributed by atoms with van der Waals surface area (Å²) >= 11 is 0. The summed E-state index contributed by atoms with van der Waals surface area (Å²) in [6.45, 7) is 2.80. The minimum atomic E-state index is -0.717. The predicted octanol–water partition coefficient (Wildman–Crippen LogP) is 3.62. The largest absolute Gasteiger partial charge is 0.390 e. The van der Waals surface area contributed by atoms with Crippen LogP contribution in [-0.4, -0.2) is 71.2 Å². The van der Waals surface area contributed by atoms with Crippen LogP contribution in [0.1, 0.15) is 34.5 Å². The lowest BCUT2D eigenvalue weighted by Gasteiger charge is -2.35. The van der Waals surface area contributed by atoms with Crippen LogP contribution in [-0.2, 0) is 12.8 Å². The van der Waals surface area contributed by atoms with Gasteiger partial charge < -0.3 is 15.3 Å². The molecule has 35 heavy (non-hydrogen) atoms. The molecule has 1 fully saturated rings. The fraction of sp³-hybridized carbons (Fsp3) is 0.407. The van der Waals surface area contributed by atoms with Gasteiger partial charge in [0.25, 0.3) is 5.91 Å². The summed E-state index contributed by atoms with van der Waals surface area (Å²) in [5, 5.41) is 15.4. The van der Waals surface area contributed by atoms with Crippen molar-refractivity contribution in [2.24, 2.45) is 0 Å². The zero-order valence-electron chi connectivity index (χ0n) is 19.6. The number of para-hydroxylation sites is 1. The monoisotopic (exact) mass is 480 g/mol. The number of carbonyl (C=O) groups excluding carboxylic acids is 1. The molecule has 3 aromatic rings. The Morgan fingerprint density at radius 2 is 1.83 bits per heavy atom. The maximum absolute atomic E-state index is 14.0. The number of nitrogens with one attached hydrogen (secondary N) is 1. The normalized spacial score (nSPS) is 17.3. The SMILES string of the molecule is O=C(c1cc(F)ccc1F)N1CCN(CC(O)CNc2c3c(nc4ccccc24)CCCC3)CC1. The van der Waals surface area contributed by atoms with E-state index in [1.807, 2.05) is 18.2 Å². The minimum Gasteiger partial charge on any atom is -0.390 e. The van der Waals surface area contributed by atoms with Gasteiger partial charge in [0.05, 0.1) is 17.2 Å². The molecule has 6 nitrogen and oxygen atoms in total. The molecule has 8 heteroatoms. The van der Waals surface area contributed by atoms with Crippen molar-refractivity contribution in [1.29, 1.82) is 0 Å². The molecule has 0 bridgehead atoms. The van der Waals surface area contributed by atoms with E-state index in [-0.39, 0.29) is 5.56 Å². The van der Waals surface area contributed by atoms with Crippen molar-refractivity contribution >= 4 is 22.5 Å². The van der Waals surface area contributed by atoms with Gasteiger partial charge in [-0.05, 0) is 55.5 Å². The van der Waals surface area contributed by atoms with Crippen LogP contribution in [0.5, 0.6) is 0 Å². The summed E-state index contributed by atoms with van der Waals surface area (Å²) in [4.78, 5) is 21.1. The third-order valence-electron chi connectivity index (χ3n) is 6.97. The van der Waals surface area contributed by atoms with E-state index in [9.17, 15) is 18.7 Å². The fourth-order valence-electron chi connectivity index (χ4n) is 5.12. The number of nitrogens with zero attached hydrogens (tertiary/aromatic N) is 3. The number of aryl methyl sites for hydroxylation is 1. The Bertz CT molecular complexity index is 1230. The molecule has 2 heterocycles. The summed E-state index contributed by atoms with van der Waals surface area (Å²) < 4.78 is 27.5. The maximum atomic E-state index is 14.0. The van der Waals surface area contributed by atoms with Gasteiger partial charge in [-0.2, -0.15) is 0 Å². The van der Waals surface area contributed by atoms with Gasteiger partial charge >= 0.3 is 0 Å². The van der Waals surface area contributed by atoms with Crippen molar-refractivity contribution in [3.05, 3.63) is 70.9 Å². The van der Waals surface area contributed by atoms with Crippen LogP contribution in [0.2, 0.25) is 0 Å². The van der Waals surface area contributed by atoms with Crippen molar-refractivity contribution in [3.8, 4) is 0 Å². The van der Waals surface area contributed by atoms with Crippen LogP contribution in [0.4, 0.5) is 14.5 Å². The second-order valence-electron chi connectivity index (χ2n) is 9.39. The number of fused-ring (bicyclic) bond motifs is 2. The van der Waals surface area contributed by atoms with Crippen molar-refractivity contribution in [2.75, 3.05) is 44.6 Å². The van der Waals surface area contributed by atoms with Crippen molar-refractivity contribution in [1.82, 2.24) is 14.8 Å². The standard InChI is InChI=1S/C27H30F2N4O2/c28-18-9-10-23(29)22(15-18)27(35)33-13-11-32(12-14-33)17-19(34)16-30-26-20-5-1-3-7-24(20)31-25-8-4-2-6-21(25)26/h1,3,5,7,9-10,15,19,34H,2,4,6,8,11-14,16-17H2,(H,30,31). The van der Waals surface area contributed by atoms with Crippen molar-refractivity contribution in [3.63, 3.8) is 0 Å². The first-order valence-electron chi connectivity index (χ1n) is 12.3. The molecule has 1 aliphatic heterocycles. The predicted molar refractivity (Wildman–Crippen MR) is 132 cm³/mol. The van der Waals surface area contributed by atoms with E-state index in [4.69, 9.17) is 4.98 Å². The molecule has 0 saturated carbocycles. The topological polar surface area (TPSA) is 68.7 Å². The van der Waals surface area contributed by atoms with Crippen molar-refractivity contribution < 1.29 is 18.7 Å². The molecule has 1 atom stereocenters. The number of hydrogen-bond donors (Lipinski definition) is 2. The Morgan fingerprint density at radius 1 is 1.06 bits per heavy atom. The van der Waals surface area contributed by atoms with E-state index >= 15 is 0 Å². The minimum absolute atomic E-state index is 0.240. The van der Waals surface area contributed by atoms with E-state index in [1.54, 1.807) is 0 Å². The van der Waals surface area contributed by atoms with E-state index in [1.165, 1.54) is 10.5 Å². The molecule has 5 rings (SSSR count). The van der Waals surface area contributed by atoms with E-state index < -0.39 is 23.6 Å². The molecule has 1 saturated heterocycles. The Hall–Kier alpha value is -3.10. The lowest BCUT2D eigenvalue weighted by molar-refractivity contribution is 0.0543. The molecule has 2 aromatic carbocycles.